The van der Waals surface area contributed by atoms with E-state index >= 15 is 0 Å². The number of aliphatic hydroxyl groups excluding tert-OH is 1. The molecule has 1 atom stereocenters. The average molecular weight is 544 g/mol. The predicted octanol–water partition coefficient (Wildman–Crippen LogP) is 4.41. The van der Waals surface area contributed by atoms with Gasteiger partial charge >= 0.3 is 6.36 Å². The summed E-state index contributed by atoms with van der Waals surface area (Å²) in [6.07, 6.45) is -3.00. The molecule has 4 rings (SSSR count). The van der Waals surface area contributed by atoms with Gasteiger partial charge in [0.2, 0.25) is 11.8 Å². The van der Waals surface area contributed by atoms with Crippen LogP contribution in [0.2, 0.25) is 0 Å². The first-order valence-corrected chi connectivity index (χ1v) is 12.4. The van der Waals surface area contributed by atoms with E-state index in [1.807, 2.05) is 12.1 Å². The number of hydrogen-bond acceptors (Lipinski definition) is 6. The Bertz CT molecular complexity index is 1300. The second-order valence-corrected chi connectivity index (χ2v) is 9.31. The zero-order chi connectivity index (χ0) is 28.2. The Morgan fingerprint density at radius 2 is 1.72 bits per heavy atom. The van der Waals surface area contributed by atoms with Gasteiger partial charge in [-0.05, 0) is 41.8 Å². The monoisotopic (exact) mass is 543 g/mol. The van der Waals surface area contributed by atoms with Crippen molar-refractivity contribution in [1.82, 2.24) is 9.88 Å². The highest BCUT2D eigenvalue weighted by atomic mass is 19.4. The molecule has 39 heavy (non-hydrogen) atoms. The number of alkyl halides is 3. The average Bonchev–Trinajstić information content (AvgIpc) is 2.89. The standard InChI is InChI=1S/C28H28F3N3O5/c1-17(35)19-4-6-20(7-5-19)21-15-24(26(32)37)27(33-16-21)38-22-10-12-34(13-11-22)25(36)14-18-2-8-23(9-3-18)39-28(29,30)31/h2-9,15-17,22,35H,10-14H2,1H3,(H2,32,37). The number of amides is 2. The van der Waals surface area contributed by atoms with E-state index in [1.165, 1.54) is 24.3 Å². The number of piperidine rings is 1. The first kappa shape index (κ1) is 27.9. The highest BCUT2D eigenvalue weighted by molar-refractivity contribution is 5.96. The zero-order valence-electron chi connectivity index (χ0n) is 21.1. The number of nitrogens with zero attached hydrogens (tertiary/aromatic N) is 2. The first-order valence-electron chi connectivity index (χ1n) is 12.4. The van der Waals surface area contributed by atoms with Crippen LogP contribution in [0.3, 0.4) is 0 Å². The van der Waals surface area contributed by atoms with Crippen molar-refractivity contribution in [1.29, 1.82) is 0 Å². The third-order valence-electron chi connectivity index (χ3n) is 6.43. The maximum atomic E-state index is 12.7. The number of halogens is 3. The number of primary amides is 1. The van der Waals surface area contributed by atoms with Crippen LogP contribution in [0.25, 0.3) is 11.1 Å². The van der Waals surface area contributed by atoms with Crippen LogP contribution in [0.5, 0.6) is 11.6 Å². The molecule has 0 saturated carbocycles. The molecule has 8 nitrogen and oxygen atoms in total. The van der Waals surface area contributed by atoms with Crippen LogP contribution in [0.1, 0.15) is 47.4 Å². The molecule has 2 amide bonds. The summed E-state index contributed by atoms with van der Waals surface area (Å²) in [5.41, 5.74) is 8.55. The van der Waals surface area contributed by atoms with Gasteiger partial charge in [-0.3, -0.25) is 9.59 Å². The minimum Gasteiger partial charge on any atom is -0.474 e. The van der Waals surface area contributed by atoms with Crippen LogP contribution in [0, 0.1) is 0 Å². The van der Waals surface area contributed by atoms with E-state index in [4.69, 9.17) is 10.5 Å². The van der Waals surface area contributed by atoms with E-state index in [1.54, 1.807) is 36.2 Å². The smallest absolute Gasteiger partial charge is 0.474 e. The fourth-order valence-corrected chi connectivity index (χ4v) is 4.31. The van der Waals surface area contributed by atoms with Gasteiger partial charge < -0.3 is 25.2 Å². The van der Waals surface area contributed by atoms with Crippen LogP contribution in [0.4, 0.5) is 13.2 Å². The molecule has 2 aromatic carbocycles. The number of rotatable bonds is 8. The number of carbonyl (C=O) groups excluding carboxylic acids is 2. The summed E-state index contributed by atoms with van der Waals surface area (Å²) in [6, 6.07) is 14.1. The molecule has 1 aliphatic rings. The summed E-state index contributed by atoms with van der Waals surface area (Å²) >= 11 is 0. The van der Waals surface area contributed by atoms with Crippen LogP contribution in [-0.4, -0.2) is 52.4 Å². The number of likely N-dealkylation sites (tertiary alicyclic amines) is 1. The Balaban J connectivity index is 1.34. The van der Waals surface area contributed by atoms with Gasteiger partial charge in [-0.25, -0.2) is 4.98 Å². The lowest BCUT2D eigenvalue weighted by Crippen LogP contribution is -2.42. The number of benzene rings is 2. The van der Waals surface area contributed by atoms with E-state index in [9.17, 15) is 27.9 Å². The van der Waals surface area contributed by atoms with Crippen molar-refractivity contribution < 1.29 is 37.3 Å². The Hall–Kier alpha value is -4.12. The lowest BCUT2D eigenvalue weighted by Gasteiger charge is -2.32. The molecule has 2 heterocycles. The van der Waals surface area contributed by atoms with Crippen molar-refractivity contribution >= 4 is 11.8 Å². The fourth-order valence-electron chi connectivity index (χ4n) is 4.31. The Kier molecular flexibility index (Phi) is 8.39. The summed E-state index contributed by atoms with van der Waals surface area (Å²) < 4.78 is 46.8. The molecule has 206 valence electrons. The van der Waals surface area contributed by atoms with Crippen LogP contribution >= 0.6 is 0 Å². The minimum atomic E-state index is -4.77. The van der Waals surface area contributed by atoms with Crippen LogP contribution < -0.4 is 15.2 Å². The highest BCUT2D eigenvalue weighted by Crippen LogP contribution is 2.28. The number of hydrogen-bond donors (Lipinski definition) is 2. The second-order valence-electron chi connectivity index (χ2n) is 9.31. The number of aliphatic hydroxyl groups is 1. The summed E-state index contributed by atoms with van der Waals surface area (Å²) in [5, 5.41) is 9.70. The SMILES string of the molecule is CC(O)c1ccc(-c2cnc(OC3CCN(C(=O)Cc4ccc(OC(F)(F)F)cc4)CC3)c(C(N)=O)c2)cc1. The van der Waals surface area contributed by atoms with Gasteiger partial charge in [-0.2, -0.15) is 0 Å². The summed E-state index contributed by atoms with van der Waals surface area (Å²) in [6.45, 7) is 2.50. The molecular weight excluding hydrogens is 515 g/mol. The Morgan fingerprint density at radius 1 is 1.08 bits per heavy atom. The minimum absolute atomic E-state index is 0.0465. The molecule has 1 aliphatic heterocycles. The zero-order valence-corrected chi connectivity index (χ0v) is 21.1. The molecule has 0 aliphatic carbocycles. The van der Waals surface area contributed by atoms with E-state index in [0.717, 1.165) is 11.1 Å². The molecule has 1 aromatic heterocycles. The Morgan fingerprint density at radius 3 is 2.28 bits per heavy atom. The molecule has 0 spiro atoms. The van der Waals surface area contributed by atoms with Crippen molar-refractivity contribution in [3.05, 3.63) is 77.5 Å². The van der Waals surface area contributed by atoms with Crippen molar-refractivity contribution in [2.45, 2.75) is 44.8 Å². The van der Waals surface area contributed by atoms with Gasteiger partial charge in [0.15, 0.2) is 0 Å². The van der Waals surface area contributed by atoms with Crippen molar-refractivity contribution in [2.75, 3.05) is 13.1 Å². The van der Waals surface area contributed by atoms with Gasteiger partial charge in [0.05, 0.1) is 12.5 Å². The highest BCUT2D eigenvalue weighted by Gasteiger charge is 2.31. The quantitative estimate of drug-likeness (QED) is 0.435. The molecule has 1 saturated heterocycles. The normalized spacial score (nSPS) is 15.1. The Labute approximate surface area is 223 Å². The van der Waals surface area contributed by atoms with Gasteiger partial charge in [0.1, 0.15) is 17.4 Å². The van der Waals surface area contributed by atoms with E-state index in [2.05, 4.69) is 9.72 Å². The van der Waals surface area contributed by atoms with Crippen molar-refractivity contribution in [3.63, 3.8) is 0 Å². The lowest BCUT2D eigenvalue weighted by molar-refractivity contribution is -0.274. The number of ether oxygens (including phenoxy) is 2. The fraction of sp³-hybridized carbons (Fsp3) is 0.321. The molecule has 3 aromatic rings. The molecule has 0 bridgehead atoms. The largest absolute Gasteiger partial charge is 0.573 e. The number of aromatic nitrogens is 1. The van der Waals surface area contributed by atoms with Crippen LogP contribution in [0.15, 0.2) is 60.8 Å². The third-order valence-corrected chi connectivity index (χ3v) is 6.43. The predicted molar refractivity (Wildman–Crippen MR) is 136 cm³/mol. The van der Waals surface area contributed by atoms with Gasteiger partial charge in [-0.15, -0.1) is 13.2 Å². The summed E-state index contributed by atoms with van der Waals surface area (Å²) in [5.74, 6) is -1.06. The van der Waals surface area contributed by atoms with Gasteiger partial charge in [0.25, 0.3) is 5.91 Å². The molecule has 1 unspecified atom stereocenters. The lowest BCUT2D eigenvalue weighted by atomic mass is 10.0. The number of nitrogens with two attached hydrogens (primary N) is 1. The molecular formula is C28H28F3N3O5. The molecule has 1 fully saturated rings. The van der Waals surface area contributed by atoms with Gasteiger partial charge in [0, 0.05) is 37.7 Å². The maximum Gasteiger partial charge on any atom is 0.573 e. The molecule has 3 N–H and O–H groups in total. The topological polar surface area (TPSA) is 115 Å². The molecule has 0 radical (unpaired) electrons. The molecule has 11 heteroatoms. The van der Waals surface area contributed by atoms with E-state index < -0.39 is 18.4 Å². The second kappa shape index (κ2) is 11.7. The first-order chi connectivity index (χ1) is 18.5. The van der Waals surface area contributed by atoms with Crippen LogP contribution in [-0.2, 0) is 11.2 Å². The summed E-state index contributed by atoms with van der Waals surface area (Å²) in [4.78, 5) is 30.9. The van der Waals surface area contributed by atoms with E-state index in [0.29, 0.717) is 37.1 Å². The van der Waals surface area contributed by atoms with Gasteiger partial charge in [-0.1, -0.05) is 36.4 Å². The summed E-state index contributed by atoms with van der Waals surface area (Å²) in [7, 11) is 0. The van der Waals surface area contributed by atoms with E-state index in [-0.39, 0.29) is 35.6 Å². The maximum absolute atomic E-state index is 12.7. The third kappa shape index (κ3) is 7.47. The number of carbonyl (C=O) groups is 2. The van der Waals surface area contributed by atoms with Crippen molar-refractivity contribution in [3.8, 4) is 22.8 Å². The number of pyridine rings is 1. The van der Waals surface area contributed by atoms with Crippen molar-refractivity contribution in [2.24, 2.45) is 5.73 Å².